The molecule has 3 aromatic rings. The van der Waals surface area contributed by atoms with Gasteiger partial charge in [0.05, 0.1) is 23.4 Å². The number of nitrogens with zero attached hydrogens (tertiary/aromatic N) is 8. The highest BCUT2D eigenvalue weighted by Crippen LogP contribution is 2.38. The van der Waals surface area contributed by atoms with Gasteiger partial charge in [0, 0.05) is 70.7 Å². The van der Waals surface area contributed by atoms with E-state index < -0.39 is 35.6 Å². The number of carbonyl (C=O) groups excluding carboxylic acids is 6. The zero-order valence-corrected chi connectivity index (χ0v) is 34.8. The van der Waals surface area contributed by atoms with E-state index in [1.54, 1.807) is 23.2 Å². The first-order valence-electron chi connectivity index (χ1n) is 21.5. The fourth-order valence-corrected chi connectivity index (χ4v) is 10.1. The second-order valence-electron chi connectivity index (χ2n) is 17.8. The number of hydrogen-bond acceptors (Lipinski definition) is 12. The number of likely N-dealkylation sites (N-methyl/N-ethyl adjacent to an activating group) is 1. The molecule has 6 aliphatic heterocycles. The minimum atomic E-state index is -0.980. The molecule has 5 saturated heterocycles. The molecule has 4 N–H and O–H groups in total. The lowest BCUT2D eigenvalue weighted by Crippen LogP contribution is -2.54. The van der Waals surface area contributed by atoms with Crippen molar-refractivity contribution in [3.8, 4) is 0 Å². The van der Waals surface area contributed by atoms with E-state index in [9.17, 15) is 28.8 Å². The molecule has 320 valence electrons. The van der Waals surface area contributed by atoms with Gasteiger partial charge in [0.15, 0.2) is 11.5 Å². The van der Waals surface area contributed by atoms with Crippen LogP contribution in [-0.4, -0.2) is 143 Å². The van der Waals surface area contributed by atoms with Gasteiger partial charge in [-0.1, -0.05) is 19.1 Å². The van der Waals surface area contributed by atoms with Gasteiger partial charge in [-0.05, 0) is 98.8 Å². The van der Waals surface area contributed by atoms with Gasteiger partial charge in [-0.2, -0.15) is 0 Å². The second kappa shape index (κ2) is 16.1. The lowest BCUT2D eigenvalue weighted by Gasteiger charge is -2.40. The van der Waals surface area contributed by atoms with Crippen molar-refractivity contribution in [2.24, 2.45) is 11.7 Å². The fraction of sp³-hybridized carbons (Fsp3) is 0.500. The van der Waals surface area contributed by atoms with Crippen LogP contribution < -0.4 is 26.2 Å². The average Bonchev–Trinajstić information content (AvgIpc) is 3.93. The normalized spacial score (nSPS) is 24.5. The molecule has 5 fully saturated rings. The highest BCUT2D eigenvalue weighted by molar-refractivity contribution is 6.23. The topological polar surface area (TPSA) is 198 Å². The highest BCUT2D eigenvalue weighted by atomic mass is 16.2. The van der Waals surface area contributed by atoms with Crippen molar-refractivity contribution in [3.05, 3.63) is 71.0 Å². The van der Waals surface area contributed by atoms with E-state index in [1.165, 1.54) is 5.56 Å². The van der Waals surface area contributed by atoms with Crippen molar-refractivity contribution < 1.29 is 28.8 Å². The Morgan fingerprint density at radius 2 is 1.66 bits per heavy atom. The standard InChI is InChI=1S/C44H53N11O6/c1-44(28-5-7-29(8-6-28)47-39-37(38(45)57)46-23-35(48-39)53-16-3-4-31(26-53)54-21-20-50(2)43(54)61)14-18-51(19-15-44)24-27-13-17-52(25-27)30-9-10-32-33(22-30)42(60)55(41(32)59)34-11-12-36(56)49-40(34)58/h5-10,22-23,27,31,34H,3-4,11-21,24-26H2,1-2H3,(H2,45,57)(H,47,48)(H,49,56,58)/t27-,31-,34?/m1/s1. The van der Waals surface area contributed by atoms with E-state index in [4.69, 9.17) is 10.7 Å². The van der Waals surface area contributed by atoms with Gasteiger partial charge in [0.2, 0.25) is 11.8 Å². The maximum absolute atomic E-state index is 13.4. The van der Waals surface area contributed by atoms with E-state index >= 15 is 0 Å². The summed E-state index contributed by atoms with van der Waals surface area (Å²) in [6.07, 6.45) is 6.70. The molecule has 6 aliphatic rings. The Kier molecular flexibility index (Phi) is 10.6. The number of fused-ring (bicyclic) bond motifs is 1. The monoisotopic (exact) mass is 831 g/mol. The number of primary amides is 1. The number of urea groups is 1. The van der Waals surface area contributed by atoms with Crippen molar-refractivity contribution >= 4 is 58.6 Å². The fourth-order valence-electron chi connectivity index (χ4n) is 10.1. The molecule has 0 saturated carbocycles. The summed E-state index contributed by atoms with van der Waals surface area (Å²) in [7, 11) is 1.83. The maximum atomic E-state index is 13.4. The van der Waals surface area contributed by atoms with Gasteiger partial charge in [0.1, 0.15) is 11.9 Å². The number of amides is 7. The number of benzene rings is 2. The summed E-state index contributed by atoms with van der Waals surface area (Å²) in [5.41, 5.74) is 9.32. The molecule has 61 heavy (non-hydrogen) atoms. The van der Waals surface area contributed by atoms with Crippen LogP contribution in [0.3, 0.4) is 0 Å². The van der Waals surface area contributed by atoms with Crippen molar-refractivity contribution in [2.75, 3.05) is 81.1 Å². The van der Waals surface area contributed by atoms with Crippen LogP contribution in [0.4, 0.5) is 27.8 Å². The lowest BCUT2D eigenvalue weighted by atomic mass is 9.74. The van der Waals surface area contributed by atoms with Gasteiger partial charge in [0.25, 0.3) is 17.7 Å². The molecule has 9 rings (SSSR count). The molecule has 0 aliphatic carbocycles. The lowest BCUT2D eigenvalue weighted by molar-refractivity contribution is -0.136. The molecular weight excluding hydrogens is 779 g/mol. The molecule has 3 atom stereocenters. The largest absolute Gasteiger partial charge is 0.371 e. The van der Waals surface area contributed by atoms with Gasteiger partial charge < -0.3 is 35.6 Å². The Labute approximate surface area is 354 Å². The van der Waals surface area contributed by atoms with Crippen LogP contribution in [0.5, 0.6) is 0 Å². The Hall–Kier alpha value is -6.10. The summed E-state index contributed by atoms with van der Waals surface area (Å²) in [6, 6.07) is 12.8. The van der Waals surface area contributed by atoms with Crippen molar-refractivity contribution in [2.45, 2.75) is 69.4 Å². The first kappa shape index (κ1) is 40.3. The van der Waals surface area contributed by atoms with Gasteiger partial charge in [-0.3, -0.25) is 34.2 Å². The summed E-state index contributed by atoms with van der Waals surface area (Å²) in [5.74, 6) is -1.25. The average molecular weight is 832 g/mol. The number of likely N-dealkylation sites (tertiary alicyclic amines) is 1. The Morgan fingerprint density at radius 1 is 0.885 bits per heavy atom. The molecule has 1 unspecified atom stereocenters. The van der Waals surface area contributed by atoms with Crippen LogP contribution in [0, 0.1) is 5.92 Å². The molecule has 0 radical (unpaired) electrons. The van der Waals surface area contributed by atoms with E-state index in [2.05, 4.69) is 49.4 Å². The third-order valence-corrected chi connectivity index (χ3v) is 13.8. The highest BCUT2D eigenvalue weighted by Gasteiger charge is 2.45. The number of aromatic nitrogens is 2. The molecule has 17 nitrogen and oxygen atoms in total. The Bertz CT molecular complexity index is 2280. The number of carbonyl (C=O) groups is 6. The van der Waals surface area contributed by atoms with Crippen molar-refractivity contribution in [3.63, 3.8) is 0 Å². The first-order chi connectivity index (χ1) is 29.3. The molecule has 2 aromatic carbocycles. The predicted octanol–water partition coefficient (Wildman–Crippen LogP) is 2.94. The number of piperidine rings is 3. The van der Waals surface area contributed by atoms with E-state index in [0.29, 0.717) is 41.8 Å². The number of nitrogens with two attached hydrogens (primary N) is 1. The van der Waals surface area contributed by atoms with Crippen LogP contribution >= 0.6 is 0 Å². The Morgan fingerprint density at radius 3 is 2.38 bits per heavy atom. The summed E-state index contributed by atoms with van der Waals surface area (Å²) < 4.78 is 0. The summed E-state index contributed by atoms with van der Waals surface area (Å²) in [4.78, 5) is 96.8. The molecule has 1 aromatic heterocycles. The van der Waals surface area contributed by atoms with Crippen molar-refractivity contribution in [1.29, 1.82) is 0 Å². The number of rotatable bonds is 10. The van der Waals surface area contributed by atoms with E-state index in [1.807, 2.05) is 30.1 Å². The molecular formula is C44H53N11O6. The van der Waals surface area contributed by atoms with Crippen LogP contribution in [0.25, 0.3) is 0 Å². The Balaban J connectivity index is 0.787. The zero-order chi connectivity index (χ0) is 42.6. The van der Waals surface area contributed by atoms with Crippen molar-refractivity contribution in [1.82, 2.24) is 34.9 Å². The number of hydrogen-bond donors (Lipinski definition) is 3. The van der Waals surface area contributed by atoms with Crippen LogP contribution in [0.1, 0.15) is 88.6 Å². The summed E-state index contributed by atoms with van der Waals surface area (Å²) >= 11 is 0. The zero-order valence-electron chi connectivity index (χ0n) is 34.8. The van der Waals surface area contributed by atoms with Gasteiger partial charge >= 0.3 is 6.03 Å². The number of imide groups is 2. The summed E-state index contributed by atoms with van der Waals surface area (Å²) in [5, 5.41) is 5.56. The van der Waals surface area contributed by atoms with Crippen LogP contribution in [-0.2, 0) is 15.0 Å². The summed E-state index contributed by atoms with van der Waals surface area (Å²) in [6.45, 7) is 9.82. The molecule has 0 bridgehead atoms. The smallest absolute Gasteiger partial charge is 0.320 e. The minimum Gasteiger partial charge on any atom is -0.371 e. The predicted molar refractivity (Wildman–Crippen MR) is 227 cm³/mol. The number of nitrogens with one attached hydrogen (secondary N) is 2. The maximum Gasteiger partial charge on any atom is 0.320 e. The third-order valence-electron chi connectivity index (χ3n) is 13.8. The quantitative estimate of drug-likeness (QED) is 0.253. The third kappa shape index (κ3) is 7.75. The molecule has 7 heterocycles. The molecule has 17 heteroatoms. The van der Waals surface area contributed by atoms with Crippen LogP contribution in [0.15, 0.2) is 48.7 Å². The van der Waals surface area contributed by atoms with Crippen LogP contribution in [0.2, 0.25) is 0 Å². The number of anilines is 4. The molecule has 7 amide bonds. The van der Waals surface area contributed by atoms with Gasteiger partial charge in [-0.15, -0.1) is 0 Å². The van der Waals surface area contributed by atoms with Gasteiger partial charge in [-0.25, -0.2) is 14.8 Å². The first-order valence-corrected chi connectivity index (χ1v) is 21.5. The minimum absolute atomic E-state index is 0.00127. The molecule has 0 spiro atoms. The van der Waals surface area contributed by atoms with E-state index in [-0.39, 0.29) is 36.0 Å². The SMILES string of the molecule is CN1CCN([C@@H]2CCCN(c3cnc(C(N)=O)c(Nc4ccc(C5(C)CCN(C[C@H]6CCN(c7ccc8c(c7)C(=O)N(C7CCC(=O)NC7=O)C8=O)C6)CC5)cc4)n3)C2)C1=O. The second-order valence-corrected chi connectivity index (χ2v) is 17.8. The van der Waals surface area contributed by atoms with E-state index in [0.717, 1.165) is 94.2 Å².